The third-order valence-corrected chi connectivity index (χ3v) is 8.77. The minimum atomic E-state index is -4.25. The number of amides is 2. The predicted molar refractivity (Wildman–Crippen MR) is 128 cm³/mol. The quantitative estimate of drug-likeness (QED) is 0.531. The Morgan fingerprint density at radius 1 is 1.11 bits per heavy atom. The summed E-state index contributed by atoms with van der Waals surface area (Å²) in [5.41, 5.74) is 3.40. The van der Waals surface area contributed by atoms with Gasteiger partial charge in [0.15, 0.2) is 0 Å². The van der Waals surface area contributed by atoms with Crippen molar-refractivity contribution in [2.24, 2.45) is 0 Å². The van der Waals surface area contributed by atoms with Crippen molar-refractivity contribution in [3.63, 3.8) is 0 Å². The Kier molecular flexibility index (Phi) is 6.17. The van der Waals surface area contributed by atoms with Crippen LogP contribution in [0.15, 0.2) is 15.6 Å². The summed E-state index contributed by atoms with van der Waals surface area (Å²) in [4.78, 5) is 14.7. The van der Waals surface area contributed by atoms with E-state index in [-0.39, 0.29) is 10.9 Å². The molecule has 8 nitrogen and oxygen atoms in total. The molecule has 3 aliphatic rings. The maximum Gasteiger partial charge on any atom is 0.333 e. The topological polar surface area (TPSA) is 112 Å². The molecule has 10 heteroatoms. The van der Waals surface area contributed by atoms with E-state index in [1.165, 1.54) is 6.07 Å². The second-order valence-corrected chi connectivity index (χ2v) is 11.9. The lowest BCUT2D eigenvalue weighted by Gasteiger charge is -2.39. The minimum Gasteiger partial charge on any atom is -0.448 e. The van der Waals surface area contributed by atoms with E-state index in [0.29, 0.717) is 66.9 Å². The molecule has 3 aliphatic carbocycles. The molecule has 1 saturated carbocycles. The van der Waals surface area contributed by atoms with Gasteiger partial charge in [-0.1, -0.05) is 0 Å². The maximum atomic E-state index is 14.9. The van der Waals surface area contributed by atoms with Gasteiger partial charge in [0.05, 0.1) is 5.60 Å². The molecule has 0 atom stereocenters. The first-order chi connectivity index (χ1) is 16.6. The average Bonchev–Trinajstić information content (AvgIpc) is 3.50. The van der Waals surface area contributed by atoms with Gasteiger partial charge in [-0.25, -0.2) is 13.9 Å². The Balaban J connectivity index is 1.30. The van der Waals surface area contributed by atoms with Crippen molar-refractivity contribution in [3.8, 4) is 0 Å². The largest absolute Gasteiger partial charge is 0.448 e. The number of halogens is 1. The summed E-state index contributed by atoms with van der Waals surface area (Å²) in [6, 6.07) is 0.527. The van der Waals surface area contributed by atoms with Gasteiger partial charge in [-0.2, -0.15) is 8.42 Å². The van der Waals surface area contributed by atoms with E-state index in [1.54, 1.807) is 6.92 Å². The Hall–Kier alpha value is -2.43. The van der Waals surface area contributed by atoms with Crippen molar-refractivity contribution in [1.82, 2.24) is 9.62 Å². The first-order valence-electron chi connectivity index (χ1n) is 12.3. The summed E-state index contributed by atoms with van der Waals surface area (Å²) in [7, 11) is -2.39. The summed E-state index contributed by atoms with van der Waals surface area (Å²) < 4.78 is 48.2. The molecule has 1 fully saturated rings. The number of nitrogens with one attached hydrogen (secondary N) is 2. The monoisotopic (exact) mass is 505 g/mol. The third-order valence-electron chi connectivity index (χ3n) is 7.59. The van der Waals surface area contributed by atoms with Crippen LogP contribution in [0.5, 0.6) is 0 Å². The van der Waals surface area contributed by atoms with Crippen LogP contribution in [-0.4, -0.2) is 43.6 Å². The lowest BCUT2D eigenvalue weighted by atomic mass is 9.80. The van der Waals surface area contributed by atoms with Gasteiger partial charge in [0, 0.05) is 30.4 Å². The number of nitrogens with zero attached hydrogens (tertiary/aromatic N) is 1. The molecule has 0 saturated heterocycles. The molecule has 1 heterocycles. The van der Waals surface area contributed by atoms with Gasteiger partial charge in [-0.3, -0.25) is 4.90 Å². The number of aliphatic hydroxyl groups is 1. The summed E-state index contributed by atoms with van der Waals surface area (Å²) >= 11 is 0. The number of carbonyl (C=O) groups is 1. The normalized spacial score (nSPS) is 18.3. The zero-order valence-electron chi connectivity index (χ0n) is 20.2. The van der Waals surface area contributed by atoms with Crippen LogP contribution in [0.1, 0.15) is 65.7 Å². The van der Waals surface area contributed by atoms with Gasteiger partial charge in [0.2, 0.25) is 5.09 Å². The van der Waals surface area contributed by atoms with E-state index in [2.05, 4.69) is 5.32 Å². The van der Waals surface area contributed by atoms with Gasteiger partial charge in [-0.15, -0.1) is 0 Å². The third kappa shape index (κ3) is 4.59. The Bertz CT molecular complexity index is 1250. The van der Waals surface area contributed by atoms with E-state index in [1.807, 2.05) is 16.7 Å². The lowest BCUT2D eigenvalue weighted by Crippen LogP contribution is -2.46. The van der Waals surface area contributed by atoms with Crippen molar-refractivity contribution in [1.29, 1.82) is 0 Å². The fourth-order valence-electron chi connectivity index (χ4n) is 5.72. The van der Waals surface area contributed by atoms with Crippen LogP contribution in [0.3, 0.4) is 0 Å². The Morgan fingerprint density at radius 2 is 1.71 bits per heavy atom. The van der Waals surface area contributed by atoms with E-state index in [4.69, 9.17) is 4.42 Å². The highest BCUT2D eigenvalue weighted by atomic mass is 32.2. The van der Waals surface area contributed by atoms with Crippen molar-refractivity contribution in [3.05, 3.63) is 45.5 Å². The number of carbonyl (C=O) groups excluding carboxylic acids is 1. The highest BCUT2D eigenvalue weighted by Crippen LogP contribution is 2.41. The smallest absolute Gasteiger partial charge is 0.333 e. The van der Waals surface area contributed by atoms with Crippen LogP contribution in [0.25, 0.3) is 0 Å². The second-order valence-electron chi connectivity index (χ2n) is 10.3. The highest BCUT2D eigenvalue weighted by molar-refractivity contribution is 7.89. The van der Waals surface area contributed by atoms with Crippen LogP contribution in [0, 0.1) is 12.7 Å². The molecule has 2 aromatic rings. The Labute approximate surface area is 204 Å². The lowest BCUT2D eigenvalue weighted by molar-refractivity contribution is -0.0556. The molecule has 5 rings (SSSR count). The van der Waals surface area contributed by atoms with Crippen molar-refractivity contribution < 1.29 is 27.1 Å². The number of fused-ring (bicyclic) bond motifs is 2. The maximum absolute atomic E-state index is 14.9. The highest BCUT2D eigenvalue weighted by Gasteiger charge is 2.36. The molecule has 1 aromatic carbocycles. The zero-order chi connectivity index (χ0) is 25.0. The molecular weight excluding hydrogens is 473 g/mol. The number of hydrogen-bond donors (Lipinski definition) is 3. The van der Waals surface area contributed by atoms with Crippen LogP contribution < -0.4 is 10.0 Å². The van der Waals surface area contributed by atoms with E-state index >= 15 is 0 Å². The summed E-state index contributed by atoms with van der Waals surface area (Å²) in [5, 5.41) is 12.8. The number of hydrogen-bond acceptors (Lipinski definition) is 6. The summed E-state index contributed by atoms with van der Waals surface area (Å²) in [6.07, 6.45) is 6.73. The molecule has 0 radical (unpaired) electrons. The molecular formula is C25H32FN3O5S. The summed E-state index contributed by atoms with van der Waals surface area (Å²) in [6.45, 7) is 2.57. The number of furan rings is 1. The molecule has 35 heavy (non-hydrogen) atoms. The number of rotatable bonds is 7. The van der Waals surface area contributed by atoms with Crippen LogP contribution in [-0.2, 0) is 42.3 Å². The Morgan fingerprint density at radius 3 is 2.29 bits per heavy atom. The number of sulfonamides is 1. The number of aryl methyl sites for hydroxylation is 1. The van der Waals surface area contributed by atoms with Gasteiger partial charge in [0.1, 0.15) is 11.6 Å². The standard InChI is InChI=1S/C25H32FN3O5S/c1-15-16(13-29(2)14-25(31)10-5-11-25)12-21(34-15)35(32,33)28-24(30)27-23-19-8-3-6-17(19)22(26)18-7-4-9-20(18)23/h12,31H,3-11,13-14H2,1-2H3,(H2,27,28,30). The molecule has 0 aliphatic heterocycles. The zero-order valence-corrected chi connectivity index (χ0v) is 21.0. The van der Waals surface area contributed by atoms with E-state index in [0.717, 1.165) is 43.2 Å². The second kappa shape index (κ2) is 8.90. The van der Waals surface area contributed by atoms with Gasteiger partial charge >= 0.3 is 6.03 Å². The molecule has 1 aromatic heterocycles. The molecule has 3 N–H and O–H groups in total. The van der Waals surface area contributed by atoms with Crippen LogP contribution in [0.4, 0.5) is 14.9 Å². The number of benzene rings is 1. The first kappa shape index (κ1) is 24.3. The fourth-order valence-corrected chi connectivity index (χ4v) is 6.65. The SMILES string of the molecule is Cc1oc(S(=O)(=O)NC(=O)Nc2c3c(c(F)c4c2CCC4)CCC3)cc1CN(C)CC1(O)CCC1. The molecule has 190 valence electrons. The molecule has 0 spiro atoms. The van der Waals surface area contributed by atoms with Crippen LogP contribution in [0.2, 0.25) is 0 Å². The minimum absolute atomic E-state index is 0.156. The van der Waals surface area contributed by atoms with Crippen LogP contribution >= 0.6 is 0 Å². The molecule has 0 unspecified atom stereocenters. The van der Waals surface area contributed by atoms with Crippen molar-refractivity contribution in [2.45, 2.75) is 81.9 Å². The van der Waals surface area contributed by atoms with E-state index in [9.17, 15) is 22.7 Å². The van der Waals surface area contributed by atoms with Gasteiger partial charge in [0.25, 0.3) is 10.0 Å². The molecule has 2 amide bonds. The summed E-state index contributed by atoms with van der Waals surface area (Å²) in [5.74, 6) is 0.281. The molecule has 0 bridgehead atoms. The van der Waals surface area contributed by atoms with Crippen molar-refractivity contribution >= 4 is 21.7 Å². The number of anilines is 1. The number of likely N-dealkylation sites (N-methyl/N-ethyl adjacent to an activating group) is 1. The first-order valence-corrected chi connectivity index (χ1v) is 13.7. The fraction of sp³-hybridized carbons (Fsp3) is 0.560. The van der Waals surface area contributed by atoms with Gasteiger partial charge < -0.3 is 14.8 Å². The van der Waals surface area contributed by atoms with E-state index < -0.39 is 21.7 Å². The van der Waals surface area contributed by atoms with Gasteiger partial charge in [-0.05, 0) is 94.0 Å². The number of urea groups is 1. The van der Waals surface area contributed by atoms with Crippen molar-refractivity contribution in [2.75, 3.05) is 18.9 Å². The average molecular weight is 506 g/mol. The predicted octanol–water partition coefficient (Wildman–Crippen LogP) is 3.56.